The van der Waals surface area contributed by atoms with Gasteiger partial charge in [0.05, 0.1) is 0 Å². The summed E-state index contributed by atoms with van der Waals surface area (Å²) in [5.41, 5.74) is 1.22. The van der Waals surface area contributed by atoms with Crippen molar-refractivity contribution < 1.29 is 5.11 Å². The maximum absolute atomic E-state index is 9.11. The van der Waals surface area contributed by atoms with Gasteiger partial charge in [-0.2, -0.15) is 0 Å². The molecule has 1 heterocycles. The highest BCUT2D eigenvalue weighted by atomic mass is 16.3. The molecule has 2 rings (SSSR count). The summed E-state index contributed by atoms with van der Waals surface area (Å²) in [6.45, 7) is 3.07. The zero-order chi connectivity index (χ0) is 9.80. The Morgan fingerprint density at radius 3 is 2.79 bits per heavy atom. The summed E-state index contributed by atoms with van der Waals surface area (Å²) in [4.78, 5) is 0. The molecule has 1 aliphatic rings. The van der Waals surface area contributed by atoms with Crippen molar-refractivity contribution in [2.24, 2.45) is 0 Å². The Morgan fingerprint density at radius 2 is 2.14 bits per heavy atom. The summed E-state index contributed by atoms with van der Waals surface area (Å²) in [5, 5.41) is 15.9. The molecule has 76 valence electrons. The van der Waals surface area contributed by atoms with Crippen molar-refractivity contribution in [2.75, 3.05) is 13.1 Å². The molecule has 1 saturated heterocycles. The van der Waals surface area contributed by atoms with Crippen LogP contribution in [0.2, 0.25) is 0 Å². The van der Waals surface area contributed by atoms with E-state index in [1.165, 1.54) is 12.0 Å². The van der Waals surface area contributed by atoms with Gasteiger partial charge in [0.2, 0.25) is 0 Å². The summed E-state index contributed by atoms with van der Waals surface area (Å²) in [5.74, 6) is 0.330. The lowest BCUT2D eigenvalue weighted by molar-refractivity contribution is 0.474. The molecule has 3 nitrogen and oxygen atoms in total. The number of nitrogens with one attached hydrogen (secondary N) is 2. The average Bonchev–Trinajstić information content (AvgIpc) is 2.70. The van der Waals surface area contributed by atoms with Gasteiger partial charge in [0, 0.05) is 19.1 Å². The molecular weight excluding hydrogens is 176 g/mol. The first-order valence-corrected chi connectivity index (χ1v) is 5.06. The molecule has 3 N–H and O–H groups in total. The summed E-state index contributed by atoms with van der Waals surface area (Å²) >= 11 is 0. The van der Waals surface area contributed by atoms with E-state index in [9.17, 15) is 0 Å². The molecule has 0 saturated carbocycles. The van der Waals surface area contributed by atoms with Crippen LogP contribution in [0, 0.1) is 0 Å². The molecule has 0 radical (unpaired) electrons. The van der Waals surface area contributed by atoms with Crippen molar-refractivity contribution in [3.63, 3.8) is 0 Å². The molecule has 0 bridgehead atoms. The minimum absolute atomic E-state index is 0.330. The summed E-state index contributed by atoms with van der Waals surface area (Å²) < 4.78 is 0. The number of phenolic OH excluding ortho intramolecular Hbond substituents is 1. The molecule has 0 aromatic heterocycles. The van der Waals surface area contributed by atoms with Gasteiger partial charge in [0.25, 0.3) is 0 Å². The van der Waals surface area contributed by atoms with Gasteiger partial charge in [-0.25, -0.2) is 0 Å². The topological polar surface area (TPSA) is 44.3 Å². The fourth-order valence-electron chi connectivity index (χ4n) is 1.70. The van der Waals surface area contributed by atoms with Crippen molar-refractivity contribution in [1.82, 2.24) is 10.6 Å². The lowest BCUT2D eigenvalue weighted by atomic mass is 10.2. The monoisotopic (exact) mass is 192 g/mol. The molecule has 1 aromatic carbocycles. The highest BCUT2D eigenvalue weighted by molar-refractivity contribution is 5.25. The largest absolute Gasteiger partial charge is 0.508 e. The summed E-state index contributed by atoms with van der Waals surface area (Å²) in [7, 11) is 0. The Labute approximate surface area is 84.1 Å². The molecule has 0 aliphatic carbocycles. The Morgan fingerprint density at radius 1 is 1.36 bits per heavy atom. The van der Waals surface area contributed by atoms with Gasteiger partial charge in [-0.05, 0) is 30.7 Å². The van der Waals surface area contributed by atoms with E-state index in [0.29, 0.717) is 11.8 Å². The van der Waals surface area contributed by atoms with E-state index in [1.807, 2.05) is 12.1 Å². The summed E-state index contributed by atoms with van der Waals surface area (Å²) in [6.07, 6.45) is 1.21. The van der Waals surface area contributed by atoms with Crippen molar-refractivity contribution in [2.45, 2.75) is 19.0 Å². The third kappa shape index (κ3) is 2.47. The Kier molecular flexibility index (Phi) is 3.01. The van der Waals surface area contributed by atoms with Gasteiger partial charge >= 0.3 is 0 Å². The Hall–Kier alpha value is -1.06. The first-order chi connectivity index (χ1) is 6.84. The van der Waals surface area contributed by atoms with Crippen LogP contribution in [0.3, 0.4) is 0 Å². The molecule has 3 heteroatoms. The maximum Gasteiger partial charge on any atom is 0.115 e. The van der Waals surface area contributed by atoms with Crippen LogP contribution in [0.4, 0.5) is 0 Å². The van der Waals surface area contributed by atoms with Crippen molar-refractivity contribution in [1.29, 1.82) is 0 Å². The van der Waals surface area contributed by atoms with Crippen LogP contribution in [-0.2, 0) is 6.54 Å². The van der Waals surface area contributed by atoms with Crippen molar-refractivity contribution in [3.05, 3.63) is 29.8 Å². The number of benzene rings is 1. The van der Waals surface area contributed by atoms with Gasteiger partial charge in [-0.3, -0.25) is 0 Å². The number of phenols is 1. The van der Waals surface area contributed by atoms with E-state index in [-0.39, 0.29) is 0 Å². The second kappa shape index (κ2) is 4.44. The molecule has 1 atom stereocenters. The minimum atomic E-state index is 0.330. The van der Waals surface area contributed by atoms with Crippen LogP contribution in [0.1, 0.15) is 12.0 Å². The lowest BCUT2D eigenvalue weighted by Gasteiger charge is -2.10. The fourth-order valence-corrected chi connectivity index (χ4v) is 1.70. The van der Waals surface area contributed by atoms with Crippen LogP contribution in [-0.4, -0.2) is 24.2 Å². The van der Waals surface area contributed by atoms with E-state index in [4.69, 9.17) is 5.11 Å². The molecule has 1 unspecified atom stereocenters. The predicted octanol–water partition coefficient (Wildman–Crippen LogP) is 0.844. The zero-order valence-corrected chi connectivity index (χ0v) is 8.16. The van der Waals surface area contributed by atoms with Crippen LogP contribution in [0.5, 0.6) is 5.75 Å². The average molecular weight is 192 g/mol. The van der Waals surface area contributed by atoms with E-state index >= 15 is 0 Å². The van der Waals surface area contributed by atoms with E-state index < -0.39 is 0 Å². The SMILES string of the molecule is Oc1ccc(CNC2CCNC2)cc1. The minimum Gasteiger partial charge on any atom is -0.508 e. The normalized spacial score (nSPS) is 21.3. The lowest BCUT2D eigenvalue weighted by Crippen LogP contribution is -2.30. The van der Waals surface area contributed by atoms with Gasteiger partial charge in [0.15, 0.2) is 0 Å². The standard InChI is InChI=1S/C11H16N2O/c14-11-3-1-9(2-4-11)7-13-10-5-6-12-8-10/h1-4,10,12-14H,5-8H2. The third-order valence-corrected chi connectivity index (χ3v) is 2.59. The second-order valence-electron chi connectivity index (χ2n) is 3.74. The smallest absolute Gasteiger partial charge is 0.115 e. The zero-order valence-electron chi connectivity index (χ0n) is 8.16. The molecule has 0 amide bonds. The quantitative estimate of drug-likeness (QED) is 0.665. The van der Waals surface area contributed by atoms with Crippen molar-refractivity contribution in [3.8, 4) is 5.75 Å². The maximum atomic E-state index is 9.11. The molecule has 14 heavy (non-hydrogen) atoms. The third-order valence-electron chi connectivity index (χ3n) is 2.59. The van der Waals surface area contributed by atoms with E-state index in [0.717, 1.165) is 19.6 Å². The van der Waals surface area contributed by atoms with E-state index in [2.05, 4.69) is 10.6 Å². The Balaban J connectivity index is 1.82. The Bertz CT molecular complexity index is 278. The van der Waals surface area contributed by atoms with E-state index in [1.54, 1.807) is 12.1 Å². The van der Waals surface area contributed by atoms with Gasteiger partial charge in [-0.1, -0.05) is 12.1 Å². The first kappa shape index (κ1) is 9.49. The molecule has 1 aromatic rings. The van der Waals surface area contributed by atoms with Crippen LogP contribution in [0.25, 0.3) is 0 Å². The van der Waals surface area contributed by atoms with Crippen LogP contribution in [0.15, 0.2) is 24.3 Å². The van der Waals surface area contributed by atoms with Gasteiger partial charge < -0.3 is 15.7 Å². The molecule has 1 fully saturated rings. The second-order valence-corrected chi connectivity index (χ2v) is 3.74. The number of aromatic hydroxyl groups is 1. The molecule has 1 aliphatic heterocycles. The van der Waals surface area contributed by atoms with Crippen molar-refractivity contribution >= 4 is 0 Å². The highest BCUT2D eigenvalue weighted by Gasteiger charge is 2.12. The molecular formula is C11H16N2O. The predicted molar refractivity (Wildman–Crippen MR) is 56.2 cm³/mol. The summed E-state index contributed by atoms with van der Waals surface area (Å²) in [6, 6.07) is 7.95. The first-order valence-electron chi connectivity index (χ1n) is 5.06. The number of hydrogen-bond donors (Lipinski definition) is 3. The van der Waals surface area contributed by atoms with Crippen LogP contribution < -0.4 is 10.6 Å². The van der Waals surface area contributed by atoms with Crippen LogP contribution >= 0.6 is 0 Å². The molecule has 0 spiro atoms. The highest BCUT2D eigenvalue weighted by Crippen LogP contribution is 2.09. The number of rotatable bonds is 3. The fraction of sp³-hybridized carbons (Fsp3) is 0.455. The van der Waals surface area contributed by atoms with Gasteiger partial charge in [-0.15, -0.1) is 0 Å². The van der Waals surface area contributed by atoms with Gasteiger partial charge in [0.1, 0.15) is 5.75 Å². The number of hydrogen-bond acceptors (Lipinski definition) is 3.